The molecule has 0 aliphatic carbocycles. The summed E-state index contributed by atoms with van der Waals surface area (Å²) in [6.07, 6.45) is 2.14. The first-order chi connectivity index (χ1) is 11.8. The van der Waals surface area contributed by atoms with Gasteiger partial charge in [0.1, 0.15) is 5.60 Å². The molecular weight excluding hydrogens is 321 g/mol. The van der Waals surface area contributed by atoms with E-state index in [1.54, 1.807) is 11.0 Å². The number of benzene rings is 1. The van der Waals surface area contributed by atoms with E-state index in [-0.39, 0.29) is 12.1 Å². The van der Waals surface area contributed by atoms with Crippen molar-refractivity contribution < 1.29 is 24.3 Å². The maximum absolute atomic E-state index is 12.6. The van der Waals surface area contributed by atoms with Gasteiger partial charge >= 0.3 is 13.2 Å². The van der Waals surface area contributed by atoms with Crippen molar-refractivity contribution in [1.82, 2.24) is 4.90 Å². The second-order valence-electron chi connectivity index (χ2n) is 7.76. The topological polar surface area (TPSA) is 79.2 Å². The molecule has 6 nitrogen and oxygen atoms in total. The van der Waals surface area contributed by atoms with E-state index < -0.39 is 12.7 Å². The van der Waals surface area contributed by atoms with Crippen molar-refractivity contribution in [1.29, 1.82) is 0 Å². The van der Waals surface area contributed by atoms with Gasteiger partial charge in [-0.2, -0.15) is 0 Å². The molecule has 1 fully saturated rings. The molecule has 0 saturated carbocycles. The van der Waals surface area contributed by atoms with Crippen molar-refractivity contribution in [2.45, 2.75) is 58.3 Å². The second kappa shape index (κ2) is 6.98. The number of carbonyl (C=O) groups is 1. The van der Waals surface area contributed by atoms with Gasteiger partial charge in [0.2, 0.25) is 0 Å². The fraction of sp³-hybridized carbons (Fsp3) is 0.611. The highest BCUT2D eigenvalue weighted by Crippen LogP contribution is 2.36. The van der Waals surface area contributed by atoms with Gasteiger partial charge in [-0.05, 0) is 62.2 Å². The van der Waals surface area contributed by atoms with E-state index in [0.717, 1.165) is 36.0 Å². The maximum atomic E-state index is 12.6. The SMILES string of the molecule is CC(C)(C)OC(=O)N1CCC[C@H]1c1cc(B(O)O)cc2c1COCC2. The molecule has 2 aliphatic rings. The number of carbonyl (C=O) groups excluding carboxylic acids is 1. The smallest absolute Gasteiger partial charge is 0.444 e. The van der Waals surface area contributed by atoms with E-state index in [1.165, 1.54) is 0 Å². The highest BCUT2D eigenvalue weighted by molar-refractivity contribution is 6.58. The molecule has 25 heavy (non-hydrogen) atoms. The van der Waals surface area contributed by atoms with Gasteiger partial charge < -0.3 is 24.4 Å². The Morgan fingerprint density at radius 2 is 2.12 bits per heavy atom. The lowest BCUT2D eigenvalue weighted by atomic mass is 9.76. The molecule has 2 N–H and O–H groups in total. The Labute approximate surface area is 148 Å². The summed E-state index contributed by atoms with van der Waals surface area (Å²) in [7, 11) is -1.52. The Balaban J connectivity index is 1.96. The van der Waals surface area contributed by atoms with Crippen LogP contribution in [0.5, 0.6) is 0 Å². The summed E-state index contributed by atoms with van der Waals surface area (Å²) in [6, 6.07) is 3.51. The van der Waals surface area contributed by atoms with Crippen molar-refractivity contribution in [2.75, 3.05) is 13.2 Å². The first-order valence-electron chi connectivity index (χ1n) is 8.85. The molecule has 1 atom stereocenters. The lowest BCUT2D eigenvalue weighted by Crippen LogP contribution is -2.38. The van der Waals surface area contributed by atoms with Gasteiger partial charge in [0.15, 0.2) is 0 Å². The largest absolute Gasteiger partial charge is 0.488 e. The van der Waals surface area contributed by atoms with E-state index in [9.17, 15) is 14.8 Å². The molecule has 1 saturated heterocycles. The summed E-state index contributed by atoms with van der Waals surface area (Å²) in [4.78, 5) is 14.4. The van der Waals surface area contributed by atoms with Crippen molar-refractivity contribution in [3.05, 3.63) is 28.8 Å². The monoisotopic (exact) mass is 347 g/mol. The lowest BCUT2D eigenvalue weighted by Gasteiger charge is -2.31. The molecule has 3 rings (SSSR count). The quantitative estimate of drug-likeness (QED) is 0.793. The van der Waals surface area contributed by atoms with Gasteiger partial charge in [-0.1, -0.05) is 12.1 Å². The van der Waals surface area contributed by atoms with Crippen molar-refractivity contribution >= 4 is 18.7 Å². The number of nitrogens with zero attached hydrogens (tertiary/aromatic N) is 1. The van der Waals surface area contributed by atoms with Crippen LogP contribution in [0.3, 0.4) is 0 Å². The molecule has 0 spiro atoms. The van der Waals surface area contributed by atoms with Crippen LogP contribution in [-0.2, 0) is 22.5 Å². The molecule has 1 aromatic rings. The molecule has 2 heterocycles. The van der Waals surface area contributed by atoms with Crippen LogP contribution in [0.25, 0.3) is 0 Å². The minimum absolute atomic E-state index is 0.121. The van der Waals surface area contributed by atoms with Crippen LogP contribution in [0.15, 0.2) is 12.1 Å². The zero-order chi connectivity index (χ0) is 18.2. The van der Waals surface area contributed by atoms with E-state index in [1.807, 2.05) is 26.8 Å². The molecule has 0 bridgehead atoms. The Morgan fingerprint density at radius 1 is 1.36 bits per heavy atom. The highest BCUT2D eigenvalue weighted by atomic mass is 16.6. The third-order valence-electron chi connectivity index (χ3n) is 4.70. The van der Waals surface area contributed by atoms with E-state index in [4.69, 9.17) is 9.47 Å². The van der Waals surface area contributed by atoms with Crippen molar-refractivity contribution in [3.63, 3.8) is 0 Å². The summed E-state index contributed by atoms with van der Waals surface area (Å²) >= 11 is 0. The van der Waals surface area contributed by atoms with Crippen LogP contribution in [0, 0.1) is 0 Å². The Hall–Kier alpha value is -1.57. The molecule has 0 aromatic heterocycles. The number of ether oxygens (including phenoxy) is 2. The van der Waals surface area contributed by atoms with Crippen LogP contribution in [-0.4, -0.2) is 46.9 Å². The van der Waals surface area contributed by atoms with Crippen LogP contribution in [0.1, 0.15) is 56.3 Å². The standard InChI is InChI=1S/C18H26BNO5/c1-18(2,3)25-17(21)20-7-4-5-16(20)14-10-13(19(22)23)9-12-6-8-24-11-15(12)14/h9-10,16,22-23H,4-8,11H2,1-3H3/t16-/m0/s1. The maximum Gasteiger partial charge on any atom is 0.488 e. The van der Waals surface area contributed by atoms with Gasteiger partial charge in [-0.15, -0.1) is 0 Å². The number of fused-ring (bicyclic) bond motifs is 1. The van der Waals surface area contributed by atoms with Crippen LogP contribution < -0.4 is 5.46 Å². The molecule has 1 aromatic carbocycles. The predicted molar refractivity (Wildman–Crippen MR) is 94.5 cm³/mol. The molecule has 1 amide bonds. The summed E-state index contributed by atoms with van der Waals surface area (Å²) < 4.78 is 11.2. The third-order valence-corrected chi connectivity index (χ3v) is 4.70. The number of amides is 1. The summed E-state index contributed by atoms with van der Waals surface area (Å²) in [5.41, 5.74) is 3.00. The van der Waals surface area contributed by atoms with Gasteiger partial charge in [0.25, 0.3) is 0 Å². The van der Waals surface area contributed by atoms with Crippen LogP contribution >= 0.6 is 0 Å². The molecule has 136 valence electrons. The van der Waals surface area contributed by atoms with Gasteiger partial charge in [-0.25, -0.2) is 4.79 Å². The Bertz CT molecular complexity index is 656. The number of likely N-dealkylation sites (tertiary alicyclic amines) is 1. The molecule has 0 radical (unpaired) electrons. The molecule has 2 aliphatic heterocycles. The summed E-state index contributed by atoms with van der Waals surface area (Å²) in [5.74, 6) is 0. The van der Waals surface area contributed by atoms with Crippen molar-refractivity contribution in [2.24, 2.45) is 0 Å². The third kappa shape index (κ3) is 3.99. The normalized spacial score (nSPS) is 20.4. The lowest BCUT2D eigenvalue weighted by molar-refractivity contribution is 0.0221. The molecular formula is C18H26BNO5. The van der Waals surface area contributed by atoms with Crippen LogP contribution in [0.4, 0.5) is 4.79 Å². The van der Waals surface area contributed by atoms with Crippen LogP contribution in [0.2, 0.25) is 0 Å². The first-order valence-corrected chi connectivity index (χ1v) is 8.85. The zero-order valence-electron chi connectivity index (χ0n) is 15.1. The first kappa shape index (κ1) is 18.2. The van der Waals surface area contributed by atoms with Gasteiger partial charge in [0.05, 0.1) is 19.3 Å². The van der Waals surface area contributed by atoms with E-state index >= 15 is 0 Å². The highest BCUT2D eigenvalue weighted by Gasteiger charge is 2.35. The Morgan fingerprint density at radius 3 is 2.80 bits per heavy atom. The summed E-state index contributed by atoms with van der Waals surface area (Å²) in [5, 5.41) is 19.3. The van der Waals surface area contributed by atoms with E-state index in [2.05, 4.69) is 0 Å². The molecule has 0 unspecified atom stereocenters. The van der Waals surface area contributed by atoms with Gasteiger partial charge in [-0.3, -0.25) is 0 Å². The fourth-order valence-corrected chi connectivity index (χ4v) is 3.61. The van der Waals surface area contributed by atoms with Gasteiger partial charge in [0, 0.05) is 6.54 Å². The Kier molecular flexibility index (Phi) is 5.09. The minimum Gasteiger partial charge on any atom is -0.444 e. The van der Waals surface area contributed by atoms with E-state index in [0.29, 0.717) is 25.2 Å². The van der Waals surface area contributed by atoms with Crippen molar-refractivity contribution in [3.8, 4) is 0 Å². The average Bonchev–Trinajstić information content (AvgIpc) is 3.01. The fourth-order valence-electron chi connectivity index (χ4n) is 3.61. The number of rotatable bonds is 2. The number of hydrogen-bond acceptors (Lipinski definition) is 5. The minimum atomic E-state index is -1.52. The number of hydrogen-bond donors (Lipinski definition) is 2. The summed E-state index contributed by atoms with van der Waals surface area (Å²) in [6.45, 7) is 7.32. The average molecular weight is 347 g/mol. The predicted octanol–water partition coefficient (Wildman–Crippen LogP) is 1.51. The zero-order valence-corrected chi connectivity index (χ0v) is 15.1. The second-order valence-corrected chi connectivity index (χ2v) is 7.76. The molecule has 7 heteroatoms.